The Balaban J connectivity index is 1.17. The largest absolute Gasteiger partial charge is 0.461 e. The zero-order valence-corrected chi connectivity index (χ0v) is 28.2. The standard InChI is InChI=1S/C34H41ClF2N8O3/c1-42(2)31(46)26-12-21-17-43(9-5-11-45(21)41-26)30-23-18-48-34(8-3-6-22-24(34)13-25(38)29(37)28(22)35)15-27(23)39-32(40-30)47-19-33-7-4-10-44(33)16-20(36)14-33/h12-13,20H,3-11,14-19,38H2,1-2H3/t20?,33-,34?/m0/s1. The van der Waals surface area contributed by atoms with E-state index < -0.39 is 17.6 Å². The summed E-state index contributed by atoms with van der Waals surface area (Å²) in [5.74, 6) is -0.0297. The average Bonchev–Trinajstić information content (AvgIpc) is 3.69. The summed E-state index contributed by atoms with van der Waals surface area (Å²) in [6.45, 7) is 3.70. The quantitative estimate of drug-likeness (QED) is 0.391. The number of rotatable bonds is 5. The van der Waals surface area contributed by atoms with Crippen molar-refractivity contribution in [2.24, 2.45) is 0 Å². The molecule has 256 valence electrons. The topological polar surface area (TPSA) is 115 Å². The number of hydrogen-bond donors (Lipinski definition) is 1. The molecule has 2 unspecified atom stereocenters. The first-order valence-electron chi connectivity index (χ1n) is 16.9. The Morgan fingerprint density at radius 1 is 1.17 bits per heavy atom. The fraction of sp³-hybridized carbons (Fsp3) is 0.588. The van der Waals surface area contributed by atoms with Crippen LogP contribution in [0.1, 0.15) is 77.1 Å². The zero-order chi connectivity index (χ0) is 33.4. The summed E-state index contributed by atoms with van der Waals surface area (Å²) in [5, 5.41) is 4.66. The van der Waals surface area contributed by atoms with Gasteiger partial charge in [0.2, 0.25) is 0 Å². The molecule has 2 saturated heterocycles. The summed E-state index contributed by atoms with van der Waals surface area (Å²) < 4.78 is 44.5. The van der Waals surface area contributed by atoms with Gasteiger partial charge in [0.1, 0.15) is 18.6 Å². The molecule has 11 nitrogen and oxygen atoms in total. The van der Waals surface area contributed by atoms with E-state index in [9.17, 15) is 13.6 Å². The fourth-order valence-corrected chi connectivity index (χ4v) is 8.93. The molecule has 6 heterocycles. The molecule has 0 saturated carbocycles. The molecule has 14 heteroatoms. The Labute approximate surface area is 283 Å². The predicted octanol–water partition coefficient (Wildman–Crippen LogP) is 4.42. The number of carbonyl (C=O) groups is 1. The molecule has 1 aromatic carbocycles. The van der Waals surface area contributed by atoms with Gasteiger partial charge in [-0.15, -0.1) is 0 Å². The maximum atomic E-state index is 14.8. The van der Waals surface area contributed by atoms with Crippen LogP contribution in [0.3, 0.4) is 0 Å². The molecule has 3 atom stereocenters. The van der Waals surface area contributed by atoms with Crippen LogP contribution in [-0.2, 0) is 42.9 Å². The lowest BCUT2D eigenvalue weighted by molar-refractivity contribution is -0.0855. The van der Waals surface area contributed by atoms with Crippen molar-refractivity contribution in [3.63, 3.8) is 0 Å². The van der Waals surface area contributed by atoms with Gasteiger partial charge in [-0.25, -0.2) is 8.78 Å². The van der Waals surface area contributed by atoms with Crippen molar-refractivity contribution in [1.29, 1.82) is 0 Å². The van der Waals surface area contributed by atoms with Crippen LogP contribution in [0.25, 0.3) is 0 Å². The number of anilines is 2. The minimum atomic E-state index is -0.868. The van der Waals surface area contributed by atoms with Crippen LogP contribution < -0.4 is 15.4 Å². The number of amides is 1. The normalized spacial score (nSPS) is 26.5. The summed E-state index contributed by atoms with van der Waals surface area (Å²) in [7, 11) is 3.43. The van der Waals surface area contributed by atoms with E-state index in [1.54, 1.807) is 20.2 Å². The molecular formula is C34H41ClF2N8O3. The first kappa shape index (κ1) is 31.7. The van der Waals surface area contributed by atoms with Gasteiger partial charge in [-0.2, -0.15) is 15.1 Å². The molecule has 48 heavy (non-hydrogen) atoms. The minimum absolute atomic E-state index is 0.00165. The third kappa shape index (κ3) is 5.20. The van der Waals surface area contributed by atoms with E-state index in [0.717, 1.165) is 60.3 Å². The Morgan fingerprint density at radius 3 is 2.85 bits per heavy atom. The van der Waals surface area contributed by atoms with Crippen LogP contribution in [0, 0.1) is 5.82 Å². The van der Waals surface area contributed by atoms with Crippen LogP contribution in [0.15, 0.2) is 12.1 Å². The number of nitrogen functional groups attached to an aromatic ring is 1. The summed E-state index contributed by atoms with van der Waals surface area (Å²) in [6, 6.07) is 3.77. The molecule has 2 N–H and O–H groups in total. The zero-order valence-electron chi connectivity index (χ0n) is 27.4. The molecule has 1 amide bonds. The molecule has 8 rings (SSSR count). The van der Waals surface area contributed by atoms with Crippen LogP contribution in [0.2, 0.25) is 5.02 Å². The Hall–Kier alpha value is -3.55. The number of alkyl halides is 1. The number of nitrogens with zero attached hydrogens (tertiary/aromatic N) is 7. The lowest BCUT2D eigenvalue weighted by Gasteiger charge is -2.43. The highest BCUT2D eigenvalue weighted by Crippen LogP contribution is 2.49. The average molecular weight is 683 g/mol. The van der Waals surface area contributed by atoms with Gasteiger partial charge in [-0.05, 0) is 68.3 Å². The van der Waals surface area contributed by atoms with Gasteiger partial charge in [0.25, 0.3) is 5.91 Å². The third-order valence-corrected chi connectivity index (χ3v) is 11.4. The highest BCUT2D eigenvalue weighted by Gasteiger charge is 2.50. The second-order valence-corrected chi connectivity index (χ2v) is 14.6. The SMILES string of the molecule is CN(C)C(=O)c1cc2n(n1)CCCN(c1nc(OC[C@@]34CCCN3CC(F)C4)nc3c1COC1(CCCc4c1cc(N)c(F)c4Cl)C3)C2. The molecule has 4 aliphatic heterocycles. The predicted molar refractivity (Wildman–Crippen MR) is 175 cm³/mol. The van der Waals surface area contributed by atoms with E-state index in [2.05, 4.69) is 14.9 Å². The molecule has 2 aromatic heterocycles. The van der Waals surface area contributed by atoms with Gasteiger partial charge in [-0.3, -0.25) is 14.4 Å². The number of aromatic nitrogens is 4. The first-order valence-corrected chi connectivity index (χ1v) is 17.3. The van der Waals surface area contributed by atoms with Crippen molar-refractivity contribution in [1.82, 2.24) is 29.5 Å². The lowest BCUT2D eigenvalue weighted by atomic mass is 9.74. The number of nitrogens with two attached hydrogens (primary N) is 1. The number of aryl methyl sites for hydroxylation is 1. The molecule has 0 bridgehead atoms. The van der Waals surface area contributed by atoms with E-state index in [4.69, 9.17) is 36.8 Å². The van der Waals surface area contributed by atoms with E-state index in [-0.39, 0.29) is 34.8 Å². The van der Waals surface area contributed by atoms with Gasteiger partial charge < -0.3 is 25.0 Å². The minimum Gasteiger partial charge on any atom is -0.461 e. The van der Waals surface area contributed by atoms with E-state index >= 15 is 0 Å². The Morgan fingerprint density at radius 2 is 2.02 bits per heavy atom. The molecular weight excluding hydrogens is 642 g/mol. The van der Waals surface area contributed by atoms with Crippen molar-refractivity contribution in [2.45, 2.75) is 88.4 Å². The van der Waals surface area contributed by atoms with Gasteiger partial charge in [0.05, 0.1) is 46.4 Å². The summed E-state index contributed by atoms with van der Waals surface area (Å²) >= 11 is 6.50. The first-order chi connectivity index (χ1) is 23.1. The monoisotopic (exact) mass is 682 g/mol. The lowest BCUT2D eigenvalue weighted by Crippen LogP contribution is -2.44. The van der Waals surface area contributed by atoms with Crippen molar-refractivity contribution in [3.05, 3.63) is 56.7 Å². The van der Waals surface area contributed by atoms with Crippen LogP contribution in [-0.4, -0.2) is 87.5 Å². The Bertz CT molecular complexity index is 1790. The smallest absolute Gasteiger partial charge is 0.318 e. The van der Waals surface area contributed by atoms with Gasteiger partial charge in [-0.1, -0.05) is 11.6 Å². The molecule has 1 spiro atoms. The number of carbonyl (C=O) groups excluding carboxylic acids is 1. The van der Waals surface area contributed by atoms with E-state index in [1.165, 1.54) is 4.90 Å². The Kier molecular flexibility index (Phi) is 7.79. The summed E-state index contributed by atoms with van der Waals surface area (Å²) in [6.07, 6.45) is 4.79. The van der Waals surface area contributed by atoms with Crippen LogP contribution >= 0.6 is 11.6 Å². The summed E-state index contributed by atoms with van der Waals surface area (Å²) in [4.78, 5) is 28.7. The highest BCUT2D eigenvalue weighted by molar-refractivity contribution is 6.32. The van der Waals surface area contributed by atoms with Gasteiger partial charge in [0, 0.05) is 52.1 Å². The maximum absolute atomic E-state index is 14.8. The maximum Gasteiger partial charge on any atom is 0.318 e. The molecule has 0 radical (unpaired) electrons. The number of ether oxygens (including phenoxy) is 2. The molecule has 2 fully saturated rings. The number of fused-ring (bicyclic) bond motifs is 5. The van der Waals surface area contributed by atoms with Crippen molar-refractivity contribution < 1.29 is 23.0 Å². The second-order valence-electron chi connectivity index (χ2n) is 14.3. The van der Waals surface area contributed by atoms with E-state index in [1.807, 2.05) is 10.7 Å². The van der Waals surface area contributed by atoms with Gasteiger partial charge in [0.15, 0.2) is 11.5 Å². The number of benzene rings is 1. The number of halogens is 3. The molecule has 1 aliphatic carbocycles. The van der Waals surface area contributed by atoms with Crippen molar-refractivity contribution >= 4 is 29.0 Å². The molecule has 5 aliphatic rings. The van der Waals surface area contributed by atoms with Crippen molar-refractivity contribution in [3.8, 4) is 6.01 Å². The third-order valence-electron chi connectivity index (χ3n) is 11.0. The van der Waals surface area contributed by atoms with Crippen molar-refractivity contribution in [2.75, 3.05) is 51.0 Å². The highest BCUT2D eigenvalue weighted by atomic mass is 35.5. The number of hydrogen-bond acceptors (Lipinski definition) is 9. The molecule has 3 aromatic rings. The van der Waals surface area contributed by atoms with Crippen LogP contribution in [0.5, 0.6) is 6.01 Å². The van der Waals surface area contributed by atoms with Crippen LogP contribution in [0.4, 0.5) is 20.3 Å². The van der Waals surface area contributed by atoms with Gasteiger partial charge >= 0.3 is 6.01 Å². The second kappa shape index (κ2) is 11.8. The van der Waals surface area contributed by atoms with E-state index in [0.29, 0.717) is 70.0 Å². The fourth-order valence-electron chi connectivity index (χ4n) is 8.62. The summed E-state index contributed by atoms with van der Waals surface area (Å²) in [5.41, 5.74) is 9.48.